The van der Waals surface area contributed by atoms with E-state index in [-0.39, 0.29) is 10.7 Å². The van der Waals surface area contributed by atoms with Gasteiger partial charge in [0.05, 0.1) is 16.3 Å². The summed E-state index contributed by atoms with van der Waals surface area (Å²) in [7, 11) is 0. The third kappa shape index (κ3) is 4.51. The van der Waals surface area contributed by atoms with Crippen molar-refractivity contribution in [1.82, 2.24) is 4.98 Å². The van der Waals surface area contributed by atoms with Crippen LogP contribution in [0.3, 0.4) is 0 Å². The van der Waals surface area contributed by atoms with E-state index in [0.717, 1.165) is 12.1 Å². The number of H-pyrrole nitrogens is 1. The molecule has 0 aliphatic carbocycles. The average Bonchev–Trinajstić information content (AvgIpc) is 2.92. The van der Waals surface area contributed by atoms with Gasteiger partial charge in [-0.05, 0) is 34.1 Å². The standard InChI is InChI=1S/C14H9BrClF3N2O3/c15-7-4-10(20-5-7)13(23)24-6-11(22)21-12-8(14(17,18)19)2-1-3-9(12)16/h1-5,20H,6H2,(H,21,22). The molecule has 0 fully saturated rings. The van der Waals surface area contributed by atoms with E-state index in [9.17, 15) is 22.8 Å². The van der Waals surface area contributed by atoms with Gasteiger partial charge >= 0.3 is 12.1 Å². The van der Waals surface area contributed by atoms with Crippen molar-refractivity contribution >= 4 is 45.1 Å². The lowest BCUT2D eigenvalue weighted by molar-refractivity contribution is -0.137. The Hall–Kier alpha value is -2.00. The van der Waals surface area contributed by atoms with Crippen molar-refractivity contribution in [2.45, 2.75) is 6.18 Å². The van der Waals surface area contributed by atoms with Gasteiger partial charge in [0.1, 0.15) is 5.69 Å². The lowest BCUT2D eigenvalue weighted by Gasteiger charge is -2.15. The molecule has 0 saturated carbocycles. The van der Waals surface area contributed by atoms with Gasteiger partial charge in [0.15, 0.2) is 6.61 Å². The predicted octanol–water partition coefficient (Wildman–Crippen LogP) is 4.24. The van der Waals surface area contributed by atoms with Gasteiger partial charge in [-0.25, -0.2) is 4.79 Å². The molecular weight excluding hydrogens is 417 g/mol. The van der Waals surface area contributed by atoms with Gasteiger partial charge in [0, 0.05) is 10.7 Å². The van der Waals surface area contributed by atoms with E-state index in [1.54, 1.807) is 0 Å². The number of carbonyl (C=O) groups is 2. The SMILES string of the molecule is O=C(COC(=O)c1cc(Br)c[nH]1)Nc1c(Cl)cccc1C(F)(F)F. The molecule has 1 aromatic carbocycles. The van der Waals surface area contributed by atoms with Crippen LogP contribution in [0.1, 0.15) is 16.1 Å². The third-order valence-electron chi connectivity index (χ3n) is 2.79. The van der Waals surface area contributed by atoms with Gasteiger partial charge in [0.25, 0.3) is 5.91 Å². The molecule has 0 radical (unpaired) electrons. The predicted molar refractivity (Wildman–Crippen MR) is 83.9 cm³/mol. The Morgan fingerprint density at radius 2 is 2.04 bits per heavy atom. The zero-order valence-electron chi connectivity index (χ0n) is 11.7. The number of nitrogens with one attached hydrogen (secondary N) is 2. The van der Waals surface area contributed by atoms with Crippen molar-refractivity contribution in [3.05, 3.63) is 51.2 Å². The summed E-state index contributed by atoms with van der Waals surface area (Å²) < 4.78 is 44.1. The first-order valence-electron chi connectivity index (χ1n) is 6.35. The largest absolute Gasteiger partial charge is 0.451 e. The van der Waals surface area contributed by atoms with E-state index in [2.05, 4.69) is 20.9 Å². The van der Waals surface area contributed by atoms with Crippen LogP contribution < -0.4 is 5.32 Å². The van der Waals surface area contributed by atoms with Crippen molar-refractivity contribution in [3.63, 3.8) is 0 Å². The molecule has 128 valence electrons. The number of carbonyl (C=O) groups excluding carboxylic acids is 2. The highest BCUT2D eigenvalue weighted by Gasteiger charge is 2.34. The first-order valence-corrected chi connectivity index (χ1v) is 7.52. The summed E-state index contributed by atoms with van der Waals surface area (Å²) in [5.41, 5.74) is -1.60. The van der Waals surface area contributed by atoms with Crippen molar-refractivity contribution in [2.24, 2.45) is 0 Å². The molecule has 10 heteroatoms. The summed E-state index contributed by atoms with van der Waals surface area (Å²) in [6, 6.07) is 4.53. The molecular formula is C14H9BrClF3N2O3. The minimum Gasteiger partial charge on any atom is -0.451 e. The van der Waals surface area contributed by atoms with Crippen LogP contribution in [0.25, 0.3) is 0 Å². The number of hydrogen-bond donors (Lipinski definition) is 2. The molecule has 0 aliphatic heterocycles. The molecule has 2 N–H and O–H groups in total. The second-order valence-corrected chi connectivity index (χ2v) is 5.84. The minimum atomic E-state index is -4.69. The molecule has 24 heavy (non-hydrogen) atoms. The van der Waals surface area contributed by atoms with Crippen LogP contribution in [0.4, 0.5) is 18.9 Å². The zero-order valence-corrected chi connectivity index (χ0v) is 14.1. The highest BCUT2D eigenvalue weighted by Crippen LogP contribution is 2.38. The molecule has 0 bridgehead atoms. The lowest BCUT2D eigenvalue weighted by atomic mass is 10.1. The van der Waals surface area contributed by atoms with Crippen molar-refractivity contribution in [3.8, 4) is 0 Å². The summed E-state index contributed by atoms with van der Waals surface area (Å²) in [4.78, 5) is 26.0. The number of aromatic amines is 1. The normalized spacial score (nSPS) is 11.2. The number of halogens is 5. The zero-order chi connectivity index (χ0) is 17.9. The number of esters is 1. The van der Waals surface area contributed by atoms with Crippen LogP contribution >= 0.6 is 27.5 Å². The number of aromatic nitrogens is 1. The van der Waals surface area contributed by atoms with Crippen LogP contribution in [0, 0.1) is 0 Å². The van der Waals surface area contributed by atoms with Crippen LogP contribution in [-0.4, -0.2) is 23.5 Å². The number of anilines is 1. The fourth-order valence-corrected chi connectivity index (χ4v) is 2.32. The van der Waals surface area contributed by atoms with E-state index in [1.807, 2.05) is 5.32 Å². The lowest BCUT2D eigenvalue weighted by Crippen LogP contribution is -2.23. The molecule has 0 aliphatic rings. The van der Waals surface area contributed by atoms with Crippen LogP contribution in [-0.2, 0) is 15.7 Å². The minimum absolute atomic E-state index is 0.0865. The molecule has 0 spiro atoms. The quantitative estimate of drug-likeness (QED) is 0.720. The van der Waals surface area contributed by atoms with Gasteiger partial charge in [-0.1, -0.05) is 17.7 Å². The smallest absolute Gasteiger partial charge is 0.418 e. The molecule has 2 aromatic rings. The average molecular weight is 426 g/mol. The molecule has 0 unspecified atom stereocenters. The van der Waals surface area contributed by atoms with Gasteiger partial charge in [-0.3, -0.25) is 4.79 Å². The Morgan fingerprint density at radius 1 is 1.33 bits per heavy atom. The summed E-state index contributed by atoms with van der Waals surface area (Å²) in [6.45, 7) is -0.766. The molecule has 1 amide bonds. The van der Waals surface area contributed by atoms with Crippen molar-refractivity contribution < 1.29 is 27.5 Å². The Labute approximate surface area is 147 Å². The highest BCUT2D eigenvalue weighted by molar-refractivity contribution is 9.10. The van der Waals surface area contributed by atoms with E-state index in [4.69, 9.17) is 16.3 Å². The Kier molecular flexibility index (Phi) is 5.55. The van der Waals surface area contributed by atoms with Crippen molar-refractivity contribution in [1.29, 1.82) is 0 Å². The number of rotatable bonds is 4. The molecule has 2 rings (SSSR count). The second kappa shape index (κ2) is 7.27. The fourth-order valence-electron chi connectivity index (χ4n) is 1.76. The number of para-hydroxylation sites is 1. The van der Waals surface area contributed by atoms with Crippen LogP contribution in [0.5, 0.6) is 0 Å². The number of ether oxygens (including phenoxy) is 1. The molecule has 1 aromatic heterocycles. The number of amides is 1. The maximum Gasteiger partial charge on any atom is 0.418 e. The molecule has 0 atom stereocenters. The van der Waals surface area contributed by atoms with Gasteiger partial charge in [-0.2, -0.15) is 13.2 Å². The maximum atomic E-state index is 12.9. The highest BCUT2D eigenvalue weighted by atomic mass is 79.9. The number of hydrogen-bond acceptors (Lipinski definition) is 3. The number of benzene rings is 1. The van der Waals surface area contributed by atoms with E-state index in [0.29, 0.717) is 4.47 Å². The first-order chi connectivity index (χ1) is 11.2. The van der Waals surface area contributed by atoms with E-state index in [1.165, 1.54) is 18.3 Å². The van der Waals surface area contributed by atoms with Crippen molar-refractivity contribution in [2.75, 3.05) is 11.9 Å². The summed E-state index contributed by atoms with van der Waals surface area (Å²) in [5.74, 6) is -1.78. The second-order valence-electron chi connectivity index (χ2n) is 4.52. The van der Waals surface area contributed by atoms with E-state index < -0.39 is 35.9 Å². The summed E-state index contributed by atoms with van der Waals surface area (Å²) >= 11 is 8.83. The molecule has 1 heterocycles. The van der Waals surface area contributed by atoms with Gasteiger partial charge < -0.3 is 15.0 Å². The Bertz CT molecular complexity index is 777. The summed E-state index contributed by atoms with van der Waals surface area (Å²) in [6.07, 6.45) is -3.21. The van der Waals surface area contributed by atoms with Crippen LogP contribution in [0.15, 0.2) is 34.9 Å². The van der Waals surface area contributed by atoms with E-state index >= 15 is 0 Å². The maximum absolute atomic E-state index is 12.9. The Balaban J connectivity index is 2.04. The first kappa shape index (κ1) is 18.3. The van der Waals surface area contributed by atoms with Gasteiger partial charge in [-0.15, -0.1) is 0 Å². The van der Waals surface area contributed by atoms with Crippen LogP contribution in [0.2, 0.25) is 5.02 Å². The van der Waals surface area contributed by atoms with Gasteiger partial charge in [0.2, 0.25) is 0 Å². The number of alkyl halides is 3. The monoisotopic (exact) mass is 424 g/mol. The molecule has 5 nitrogen and oxygen atoms in total. The fraction of sp³-hybridized carbons (Fsp3) is 0.143. The summed E-state index contributed by atoms with van der Waals surface area (Å²) in [5, 5.41) is 1.73. The third-order valence-corrected chi connectivity index (χ3v) is 3.56. The topological polar surface area (TPSA) is 71.2 Å². The molecule has 0 saturated heterocycles. The Morgan fingerprint density at radius 3 is 2.62 bits per heavy atom.